The molecule has 0 fully saturated rings. The Bertz CT molecular complexity index is 430. The molecule has 7 heteroatoms. The van der Waals surface area contributed by atoms with Crippen LogP contribution in [0.25, 0.3) is 0 Å². The third-order valence-electron chi connectivity index (χ3n) is 2.47. The Kier molecular flexibility index (Phi) is 5.87. The van der Waals surface area contributed by atoms with Crippen molar-refractivity contribution >= 4 is 12.0 Å². The average molecular weight is 270 g/mol. The van der Waals surface area contributed by atoms with Crippen LogP contribution in [-0.4, -0.2) is 48.8 Å². The minimum atomic E-state index is -1.03. The lowest BCUT2D eigenvalue weighted by Gasteiger charge is -2.17. The molecule has 1 aromatic rings. The lowest BCUT2D eigenvalue weighted by atomic mass is 10.2. The first-order valence-corrected chi connectivity index (χ1v) is 5.82. The second-order valence-electron chi connectivity index (χ2n) is 4.04. The highest BCUT2D eigenvalue weighted by atomic mass is 16.5. The van der Waals surface area contributed by atoms with Crippen LogP contribution in [0.4, 0.5) is 4.79 Å². The van der Waals surface area contributed by atoms with E-state index in [9.17, 15) is 9.59 Å². The second kappa shape index (κ2) is 7.42. The Morgan fingerprint density at radius 1 is 1.53 bits per heavy atom. The van der Waals surface area contributed by atoms with Gasteiger partial charge in [-0.3, -0.25) is 0 Å². The fourth-order valence-electron chi connectivity index (χ4n) is 1.43. The molecule has 0 atom stereocenters. The van der Waals surface area contributed by atoms with Gasteiger partial charge < -0.3 is 24.5 Å². The average Bonchev–Trinajstić information content (AvgIpc) is 2.74. The number of carbonyl (C=O) groups excluding carboxylic acids is 1. The first kappa shape index (κ1) is 15.0. The van der Waals surface area contributed by atoms with E-state index in [0.717, 1.165) is 11.3 Å². The van der Waals surface area contributed by atoms with Crippen LogP contribution < -0.4 is 5.32 Å². The van der Waals surface area contributed by atoms with Crippen molar-refractivity contribution in [3.63, 3.8) is 0 Å². The molecule has 0 saturated heterocycles. The normalized spacial score (nSPS) is 10.2. The maximum Gasteiger partial charge on any atom is 0.329 e. The fraction of sp³-hybridized carbons (Fsp3) is 0.500. The maximum absolute atomic E-state index is 11.7. The van der Waals surface area contributed by atoms with Crippen LogP contribution >= 0.6 is 0 Å². The minimum absolute atomic E-state index is 0.163. The lowest BCUT2D eigenvalue weighted by molar-refractivity contribution is -0.142. The van der Waals surface area contributed by atoms with Gasteiger partial charge in [0, 0.05) is 19.2 Å². The number of hydrogen-bond donors (Lipinski definition) is 2. The molecule has 1 aromatic heterocycles. The highest BCUT2D eigenvalue weighted by molar-refractivity contribution is 5.73. The van der Waals surface area contributed by atoms with Gasteiger partial charge in [0.25, 0.3) is 0 Å². The summed E-state index contributed by atoms with van der Waals surface area (Å²) in [6.45, 7) is 2.35. The molecule has 0 unspecified atom stereocenters. The summed E-state index contributed by atoms with van der Waals surface area (Å²) in [5.41, 5.74) is 0.944. The number of nitrogens with zero attached hydrogens (tertiary/aromatic N) is 1. The van der Waals surface area contributed by atoms with E-state index in [-0.39, 0.29) is 25.8 Å². The summed E-state index contributed by atoms with van der Waals surface area (Å²) >= 11 is 0. The van der Waals surface area contributed by atoms with Crippen molar-refractivity contribution < 1.29 is 23.8 Å². The summed E-state index contributed by atoms with van der Waals surface area (Å²) in [7, 11) is 1.67. The van der Waals surface area contributed by atoms with Crippen molar-refractivity contribution in [3.8, 4) is 0 Å². The molecular weight excluding hydrogens is 252 g/mol. The van der Waals surface area contributed by atoms with Crippen molar-refractivity contribution in [2.75, 3.05) is 26.8 Å². The van der Waals surface area contributed by atoms with Crippen LogP contribution in [0.2, 0.25) is 0 Å². The van der Waals surface area contributed by atoms with Gasteiger partial charge >= 0.3 is 12.0 Å². The molecule has 2 amide bonds. The first-order valence-electron chi connectivity index (χ1n) is 5.82. The molecule has 0 radical (unpaired) electrons. The van der Waals surface area contributed by atoms with Crippen molar-refractivity contribution in [1.29, 1.82) is 0 Å². The first-order chi connectivity index (χ1) is 9.00. The Morgan fingerprint density at radius 3 is 2.84 bits per heavy atom. The molecule has 0 aliphatic heterocycles. The smallest absolute Gasteiger partial charge is 0.329 e. The Morgan fingerprint density at radius 2 is 2.26 bits per heavy atom. The van der Waals surface area contributed by atoms with Crippen molar-refractivity contribution in [1.82, 2.24) is 10.2 Å². The SMILES string of the molecule is Cc1occc1CN(C)C(=O)NCCOCC(=O)O. The Hall–Kier alpha value is -2.02. The van der Waals surface area contributed by atoms with Crippen LogP contribution in [0.15, 0.2) is 16.7 Å². The largest absolute Gasteiger partial charge is 0.480 e. The monoisotopic (exact) mass is 270 g/mol. The van der Waals surface area contributed by atoms with Gasteiger partial charge in [0.1, 0.15) is 12.4 Å². The molecule has 106 valence electrons. The highest BCUT2D eigenvalue weighted by Crippen LogP contribution is 2.10. The number of carbonyl (C=O) groups is 2. The van der Waals surface area contributed by atoms with Gasteiger partial charge in [-0.05, 0) is 13.0 Å². The standard InChI is InChI=1S/C12H18N2O5/c1-9-10(3-5-19-9)7-14(2)12(17)13-4-6-18-8-11(15)16/h3,5H,4,6-8H2,1-2H3,(H,13,17)(H,15,16). The van der Waals surface area contributed by atoms with E-state index in [4.69, 9.17) is 14.3 Å². The number of hydrogen-bond acceptors (Lipinski definition) is 4. The van der Waals surface area contributed by atoms with E-state index in [1.54, 1.807) is 13.3 Å². The summed E-state index contributed by atoms with van der Waals surface area (Å²) < 4.78 is 9.95. The predicted molar refractivity (Wildman–Crippen MR) is 66.8 cm³/mol. The summed E-state index contributed by atoms with van der Waals surface area (Å²) in [5.74, 6) is -0.247. The molecule has 7 nitrogen and oxygen atoms in total. The van der Waals surface area contributed by atoms with Gasteiger partial charge in [0.05, 0.1) is 19.4 Å². The molecule has 19 heavy (non-hydrogen) atoms. The zero-order valence-electron chi connectivity index (χ0n) is 11.0. The molecule has 0 aromatic carbocycles. The second-order valence-corrected chi connectivity index (χ2v) is 4.04. The third-order valence-corrected chi connectivity index (χ3v) is 2.47. The number of amides is 2. The highest BCUT2D eigenvalue weighted by Gasteiger charge is 2.11. The van der Waals surface area contributed by atoms with Gasteiger partial charge in [-0.25, -0.2) is 9.59 Å². The van der Waals surface area contributed by atoms with Gasteiger partial charge in [-0.2, -0.15) is 0 Å². The quantitative estimate of drug-likeness (QED) is 0.716. The minimum Gasteiger partial charge on any atom is -0.480 e. The topological polar surface area (TPSA) is 92.0 Å². The van der Waals surface area contributed by atoms with E-state index in [0.29, 0.717) is 6.54 Å². The van der Waals surface area contributed by atoms with E-state index in [2.05, 4.69) is 5.32 Å². The summed E-state index contributed by atoms with van der Waals surface area (Å²) in [6.07, 6.45) is 1.58. The molecule has 0 spiro atoms. The van der Waals surface area contributed by atoms with E-state index >= 15 is 0 Å². The van der Waals surface area contributed by atoms with Crippen LogP contribution in [0.5, 0.6) is 0 Å². The Labute approximate surface area is 111 Å². The number of carboxylic acid groups (broad SMARTS) is 1. The maximum atomic E-state index is 11.7. The van der Waals surface area contributed by atoms with Crippen LogP contribution in [-0.2, 0) is 16.1 Å². The number of urea groups is 1. The number of furan rings is 1. The summed E-state index contributed by atoms with van der Waals surface area (Å²) in [4.78, 5) is 23.4. The molecular formula is C12H18N2O5. The molecule has 0 saturated carbocycles. The zero-order valence-corrected chi connectivity index (χ0v) is 11.0. The molecule has 1 heterocycles. The summed E-state index contributed by atoms with van der Waals surface area (Å²) in [5, 5.41) is 11.0. The van der Waals surface area contributed by atoms with Crippen LogP contribution in [0.3, 0.4) is 0 Å². The van der Waals surface area contributed by atoms with E-state index in [1.165, 1.54) is 4.90 Å². The molecule has 0 aliphatic rings. The molecule has 0 aliphatic carbocycles. The lowest BCUT2D eigenvalue weighted by Crippen LogP contribution is -2.38. The van der Waals surface area contributed by atoms with Crippen LogP contribution in [0, 0.1) is 6.92 Å². The van der Waals surface area contributed by atoms with Gasteiger partial charge in [-0.1, -0.05) is 0 Å². The fourth-order valence-corrected chi connectivity index (χ4v) is 1.43. The number of rotatable bonds is 7. The van der Waals surface area contributed by atoms with E-state index in [1.807, 2.05) is 13.0 Å². The van der Waals surface area contributed by atoms with Crippen molar-refractivity contribution in [2.45, 2.75) is 13.5 Å². The molecule has 0 bridgehead atoms. The molecule has 2 N–H and O–H groups in total. The number of aryl methyl sites for hydroxylation is 1. The van der Waals surface area contributed by atoms with Gasteiger partial charge in [0.15, 0.2) is 0 Å². The predicted octanol–water partition coefficient (Wildman–Crippen LogP) is 0.831. The number of nitrogens with one attached hydrogen (secondary N) is 1. The zero-order chi connectivity index (χ0) is 14.3. The number of aliphatic carboxylic acids is 1. The molecule has 1 rings (SSSR count). The van der Waals surface area contributed by atoms with E-state index < -0.39 is 5.97 Å². The van der Waals surface area contributed by atoms with Gasteiger partial charge in [0.2, 0.25) is 0 Å². The Balaban J connectivity index is 2.22. The van der Waals surface area contributed by atoms with Crippen LogP contribution in [0.1, 0.15) is 11.3 Å². The van der Waals surface area contributed by atoms with Crippen molar-refractivity contribution in [3.05, 3.63) is 23.7 Å². The number of ether oxygens (including phenoxy) is 1. The number of carboxylic acids is 1. The van der Waals surface area contributed by atoms with Gasteiger partial charge in [-0.15, -0.1) is 0 Å². The van der Waals surface area contributed by atoms with Crippen molar-refractivity contribution in [2.24, 2.45) is 0 Å². The summed E-state index contributed by atoms with van der Waals surface area (Å²) in [6, 6.07) is 1.56. The third kappa shape index (κ3) is 5.43.